The minimum atomic E-state index is 0.542. The molecule has 2 rings (SSSR count). The van der Waals surface area contributed by atoms with Crippen LogP contribution < -0.4 is 0 Å². The molecule has 0 aliphatic heterocycles. The Kier molecular flexibility index (Phi) is 4.93. The molecule has 5 heteroatoms. The number of para-hydroxylation sites is 1. The van der Waals surface area contributed by atoms with Crippen LogP contribution in [-0.4, -0.2) is 9.78 Å². The van der Waals surface area contributed by atoms with Crippen molar-refractivity contribution in [3.05, 3.63) is 45.7 Å². The van der Waals surface area contributed by atoms with Crippen molar-refractivity contribution in [2.75, 3.05) is 0 Å². The van der Waals surface area contributed by atoms with Gasteiger partial charge in [-0.25, -0.2) is 4.68 Å². The molecule has 0 saturated carbocycles. The van der Waals surface area contributed by atoms with E-state index in [1.165, 1.54) is 0 Å². The fourth-order valence-corrected chi connectivity index (χ4v) is 2.82. The normalized spacial score (nSPS) is 11.3. The van der Waals surface area contributed by atoms with E-state index in [0.29, 0.717) is 21.3 Å². The van der Waals surface area contributed by atoms with Gasteiger partial charge in [0.05, 0.1) is 15.7 Å². The maximum Gasteiger partial charge on any atom is 0.102 e. The number of aromatic nitrogens is 2. The van der Waals surface area contributed by atoms with Crippen LogP contribution in [0.15, 0.2) is 24.3 Å². The molecular weight excluding hydrogens is 347 g/mol. The number of benzene rings is 1. The van der Waals surface area contributed by atoms with Crippen LogP contribution in [0.1, 0.15) is 25.2 Å². The molecule has 0 spiro atoms. The van der Waals surface area contributed by atoms with E-state index in [2.05, 4.69) is 40.9 Å². The van der Waals surface area contributed by atoms with Crippen molar-refractivity contribution in [1.29, 1.82) is 0 Å². The highest BCUT2D eigenvalue weighted by molar-refractivity contribution is 9.08. The molecule has 0 aliphatic carbocycles. The van der Waals surface area contributed by atoms with E-state index in [0.717, 1.165) is 23.5 Å². The lowest BCUT2D eigenvalue weighted by Gasteiger charge is -2.12. The van der Waals surface area contributed by atoms with E-state index in [1.54, 1.807) is 0 Å². The lowest BCUT2D eigenvalue weighted by atomic mass is 10.1. The van der Waals surface area contributed by atoms with Gasteiger partial charge in [-0.05, 0) is 30.5 Å². The molecule has 19 heavy (non-hydrogen) atoms. The van der Waals surface area contributed by atoms with Crippen molar-refractivity contribution in [2.45, 2.75) is 25.6 Å². The Balaban J connectivity index is 2.57. The third-order valence-corrected chi connectivity index (χ3v) is 3.92. The number of halogens is 3. The first-order chi connectivity index (χ1) is 9.02. The summed E-state index contributed by atoms with van der Waals surface area (Å²) >= 11 is 16.0. The molecule has 0 saturated heterocycles. The Hall–Kier alpha value is -0.510. The molecule has 0 aliphatic rings. The zero-order chi connectivity index (χ0) is 14.0. The summed E-state index contributed by atoms with van der Waals surface area (Å²) in [6, 6.07) is 7.59. The van der Waals surface area contributed by atoms with Crippen LogP contribution >= 0.6 is 39.1 Å². The van der Waals surface area contributed by atoms with Gasteiger partial charge in [0, 0.05) is 11.0 Å². The lowest BCUT2D eigenvalue weighted by Crippen LogP contribution is -2.06. The second kappa shape index (κ2) is 6.29. The maximum absolute atomic E-state index is 6.27. The highest BCUT2D eigenvalue weighted by Crippen LogP contribution is 2.30. The van der Waals surface area contributed by atoms with Crippen molar-refractivity contribution in [2.24, 2.45) is 5.92 Å². The quantitative estimate of drug-likeness (QED) is 0.678. The molecule has 2 aromatic rings. The van der Waals surface area contributed by atoms with Gasteiger partial charge in [-0.1, -0.05) is 59.0 Å². The second-order valence-electron chi connectivity index (χ2n) is 4.84. The van der Waals surface area contributed by atoms with E-state index in [-0.39, 0.29) is 0 Å². The van der Waals surface area contributed by atoms with Crippen LogP contribution in [-0.2, 0) is 11.8 Å². The van der Waals surface area contributed by atoms with Crippen molar-refractivity contribution >= 4 is 39.1 Å². The third-order valence-electron chi connectivity index (χ3n) is 2.74. The zero-order valence-electron chi connectivity index (χ0n) is 10.8. The summed E-state index contributed by atoms with van der Waals surface area (Å²) in [5, 5.41) is 6.52. The first-order valence-electron chi connectivity index (χ1n) is 6.11. The Labute approximate surface area is 131 Å². The Bertz CT molecular complexity index is 559. The van der Waals surface area contributed by atoms with E-state index in [4.69, 9.17) is 23.2 Å². The molecule has 0 bridgehead atoms. The van der Waals surface area contributed by atoms with Crippen LogP contribution in [0.3, 0.4) is 0 Å². The molecule has 0 atom stereocenters. The van der Waals surface area contributed by atoms with Crippen LogP contribution in [0.2, 0.25) is 10.0 Å². The molecule has 1 aromatic carbocycles. The SMILES string of the molecule is CC(C)Cc1cc(CBr)nn1-c1c(Cl)cccc1Cl. The summed E-state index contributed by atoms with van der Waals surface area (Å²) in [7, 11) is 0. The summed E-state index contributed by atoms with van der Waals surface area (Å²) in [4.78, 5) is 0. The van der Waals surface area contributed by atoms with Crippen molar-refractivity contribution in [1.82, 2.24) is 9.78 Å². The van der Waals surface area contributed by atoms with Gasteiger partial charge >= 0.3 is 0 Å². The summed E-state index contributed by atoms with van der Waals surface area (Å²) in [6.45, 7) is 4.36. The van der Waals surface area contributed by atoms with Crippen molar-refractivity contribution < 1.29 is 0 Å². The molecule has 0 N–H and O–H groups in total. The number of alkyl halides is 1. The van der Waals surface area contributed by atoms with Crippen molar-refractivity contribution in [3.63, 3.8) is 0 Å². The number of nitrogens with zero attached hydrogens (tertiary/aromatic N) is 2. The van der Waals surface area contributed by atoms with Gasteiger partial charge in [0.15, 0.2) is 0 Å². The molecule has 0 amide bonds. The summed E-state index contributed by atoms with van der Waals surface area (Å²) in [5.74, 6) is 0.542. The van der Waals surface area contributed by atoms with Crippen LogP contribution in [0.4, 0.5) is 0 Å². The Morgan fingerprint density at radius 3 is 2.42 bits per heavy atom. The van der Waals surface area contributed by atoms with Gasteiger partial charge < -0.3 is 0 Å². The highest BCUT2D eigenvalue weighted by atomic mass is 79.9. The molecule has 0 radical (unpaired) electrons. The van der Waals surface area contributed by atoms with Gasteiger partial charge in [0.25, 0.3) is 0 Å². The van der Waals surface area contributed by atoms with E-state index >= 15 is 0 Å². The standard InChI is InChI=1S/C14H15BrCl2N2/c1-9(2)6-11-7-10(8-15)18-19(11)14-12(16)4-3-5-13(14)17/h3-5,7,9H,6,8H2,1-2H3. The summed E-state index contributed by atoms with van der Waals surface area (Å²) in [6.07, 6.45) is 0.932. The first-order valence-corrected chi connectivity index (χ1v) is 7.98. The fourth-order valence-electron chi connectivity index (χ4n) is 1.99. The minimum Gasteiger partial charge on any atom is -0.234 e. The van der Waals surface area contributed by atoms with Gasteiger partial charge in [-0.3, -0.25) is 0 Å². The molecule has 102 valence electrons. The van der Waals surface area contributed by atoms with Crippen LogP contribution in [0.5, 0.6) is 0 Å². The summed E-state index contributed by atoms with van der Waals surface area (Å²) < 4.78 is 1.86. The van der Waals surface area contributed by atoms with Gasteiger partial charge in [0.1, 0.15) is 5.69 Å². The Morgan fingerprint density at radius 2 is 1.89 bits per heavy atom. The fraction of sp³-hybridized carbons (Fsp3) is 0.357. The van der Waals surface area contributed by atoms with Gasteiger partial charge in [-0.15, -0.1) is 0 Å². The topological polar surface area (TPSA) is 17.8 Å². The van der Waals surface area contributed by atoms with Gasteiger partial charge in [0.2, 0.25) is 0 Å². The average Bonchev–Trinajstić information content (AvgIpc) is 2.71. The predicted octanol–water partition coefficient (Wildman–Crippen LogP) is 5.27. The first kappa shape index (κ1) is 14.9. The molecule has 0 fully saturated rings. The molecule has 1 aromatic heterocycles. The maximum atomic E-state index is 6.27. The smallest absolute Gasteiger partial charge is 0.102 e. The van der Waals surface area contributed by atoms with E-state index in [1.807, 2.05) is 22.9 Å². The monoisotopic (exact) mass is 360 g/mol. The number of rotatable bonds is 4. The van der Waals surface area contributed by atoms with E-state index in [9.17, 15) is 0 Å². The minimum absolute atomic E-state index is 0.542. The summed E-state index contributed by atoms with van der Waals surface area (Å²) in [5.41, 5.74) is 2.86. The molecule has 0 unspecified atom stereocenters. The predicted molar refractivity (Wildman–Crippen MR) is 84.8 cm³/mol. The average molecular weight is 362 g/mol. The van der Waals surface area contributed by atoms with Crippen LogP contribution in [0.25, 0.3) is 5.69 Å². The molecule has 2 nitrogen and oxygen atoms in total. The lowest BCUT2D eigenvalue weighted by molar-refractivity contribution is 0.616. The van der Waals surface area contributed by atoms with E-state index < -0.39 is 0 Å². The number of hydrogen-bond donors (Lipinski definition) is 0. The Morgan fingerprint density at radius 1 is 1.26 bits per heavy atom. The molecular formula is C14H15BrCl2N2. The zero-order valence-corrected chi connectivity index (χ0v) is 13.9. The number of hydrogen-bond acceptors (Lipinski definition) is 1. The van der Waals surface area contributed by atoms with Crippen molar-refractivity contribution in [3.8, 4) is 5.69 Å². The molecule has 1 heterocycles. The van der Waals surface area contributed by atoms with Crippen LogP contribution in [0, 0.1) is 5.92 Å². The largest absolute Gasteiger partial charge is 0.234 e. The third kappa shape index (κ3) is 3.33. The van der Waals surface area contributed by atoms with Gasteiger partial charge in [-0.2, -0.15) is 5.10 Å². The highest BCUT2D eigenvalue weighted by Gasteiger charge is 2.15. The second-order valence-corrected chi connectivity index (χ2v) is 6.22.